The summed E-state index contributed by atoms with van der Waals surface area (Å²) in [7, 11) is 0. The Morgan fingerprint density at radius 3 is 1.70 bits per heavy atom. The topological polar surface area (TPSA) is 8.17 Å². The number of rotatable bonds is 9. The van der Waals surface area contributed by atoms with Gasteiger partial charge in [0.2, 0.25) is 0 Å². The van der Waals surface area contributed by atoms with Crippen LogP contribution in [0, 0.1) is 0 Å². The zero-order chi connectivity index (χ0) is 40.6. The standard InChI is InChI=1S/C54H35Cl3N2S/c55-40-21-11-23-44(31-40)58(54-47(37-16-6-2-7-17-37)24-12-25-48(54)38-18-8-3-9-19-38)45-32-42(57)33-46(35-45)60-52-27-13-26-51-53(52)49-34-41(56)28-29-50(49)59(51)43-22-10-20-39(30-43)36-14-4-1-5-15-36/h1-35H. The average molecular weight is 850 g/mol. The van der Waals surface area contributed by atoms with Crippen molar-refractivity contribution in [3.05, 3.63) is 227 Å². The number of aromatic nitrogens is 1. The maximum Gasteiger partial charge on any atom is 0.0618 e. The Balaban J connectivity index is 1.16. The Kier molecular flexibility index (Phi) is 10.4. The van der Waals surface area contributed by atoms with Crippen molar-refractivity contribution in [1.82, 2.24) is 4.57 Å². The largest absolute Gasteiger partial charge is 0.309 e. The lowest BCUT2D eigenvalue weighted by molar-refractivity contribution is 1.18. The van der Waals surface area contributed by atoms with Gasteiger partial charge in [-0.2, -0.15) is 0 Å². The Morgan fingerprint density at radius 1 is 0.400 bits per heavy atom. The van der Waals surface area contributed by atoms with Crippen LogP contribution >= 0.6 is 46.6 Å². The van der Waals surface area contributed by atoms with Crippen molar-refractivity contribution in [2.24, 2.45) is 0 Å². The van der Waals surface area contributed by atoms with Gasteiger partial charge in [0, 0.05) is 63.8 Å². The number of nitrogens with zero attached hydrogens (tertiary/aromatic N) is 2. The molecule has 0 bridgehead atoms. The third kappa shape index (κ3) is 7.36. The van der Waals surface area contributed by atoms with Gasteiger partial charge in [-0.05, 0) is 101 Å². The Labute approximate surface area is 368 Å². The van der Waals surface area contributed by atoms with Crippen molar-refractivity contribution in [2.45, 2.75) is 9.79 Å². The molecule has 1 aromatic heterocycles. The monoisotopic (exact) mass is 848 g/mol. The van der Waals surface area contributed by atoms with Gasteiger partial charge in [0.1, 0.15) is 0 Å². The van der Waals surface area contributed by atoms with Crippen LogP contribution in [0.15, 0.2) is 222 Å². The van der Waals surface area contributed by atoms with Crippen LogP contribution in [-0.2, 0) is 0 Å². The van der Waals surface area contributed by atoms with Crippen molar-refractivity contribution in [3.8, 4) is 39.1 Å². The van der Waals surface area contributed by atoms with Gasteiger partial charge >= 0.3 is 0 Å². The second-order valence-corrected chi connectivity index (χ2v) is 17.0. The van der Waals surface area contributed by atoms with E-state index in [0.29, 0.717) is 15.1 Å². The minimum atomic E-state index is 0.621. The van der Waals surface area contributed by atoms with Crippen LogP contribution in [0.4, 0.5) is 17.1 Å². The molecule has 10 rings (SSSR count). The van der Waals surface area contributed by atoms with Crippen molar-refractivity contribution in [2.75, 3.05) is 4.90 Å². The quantitative estimate of drug-likeness (QED) is 0.143. The summed E-state index contributed by atoms with van der Waals surface area (Å²) in [5.74, 6) is 0. The van der Waals surface area contributed by atoms with Gasteiger partial charge in [0.15, 0.2) is 0 Å². The molecular formula is C54H35Cl3N2S. The van der Waals surface area contributed by atoms with Gasteiger partial charge in [-0.25, -0.2) is 0 Å². The molecule has 0 spiro atoms. The molecule has 2 nitrogen and oxygen atoms in total. The average Bonchev–Trinajstić information content (AvgIpc) is 3.61. The lowest BCUT2D eigenvalue weighted by Gasteiger charge is -2.31. The van der Waals surface area contributed by atoms with E-state index in [9.17, 15) is 0 Å². The van der Waals surface area contributed by atoms with Gasteiger partial charge in [0.25, 0.3) is 0 Å². The lowest BCUT2D eigenvalue weighted by atomic mass is 9.94. The zero-order valence-electron chi connectivity index (χ0n) is 32.1. The van der Waals surface area contributed by atoms with Crippen molar-refractivity contribution in [3.63, 3.8) is 0 Å². The summed E-state index contributed by atoms with van der Waals surface area (Å²) >= 11 is 22.4. The minimum absolute atomic E-state index is 0.621. The van der Waals surface area contributed by atoms with E-state index in [1.807, 2.05) is 54.6 Å². The van der Waals surface area contributed by atoms with E-state index in [2.05, 4.69) is 167 Å². The molecule has 60 heavy (non-hydrogen) atoms. The van der Waals surface area contributed by atoms with Crippen molar-refractivity contribution < 1.29 is 0 Å². The first-order chi connectivity index (χ1) is 29.5. The predicted molar refractivity (Wildman–Crippen MR) is 257 cm³/mol. The third-order valence-corrected chi connectivity index (χ3v) is 12.5. The highest BCUT2D eigenvalue weighted by Crippen LogP contribution is 2.49. The summed E-state index contributed by atoms with van der Waals surface area (Å²) in [5, 5.41) is 4.16. The fourth-order valence-electron chi connectivity index (χ4n) is 8.20. The van der Waals surface area contributed by atoms with Gasteiger partial charge < -0.3 is 9.47 Å². The van der Waals surface area contributed by atoms with E-state index in [1.165, 1.54) is 5.56 Å². The first kappa shape index (κ1) is 38.0. The highest BCUT2D eigenvalue weighted by atomic mass is 35.5. The highest BCUT2D eigenvalue weighted by Gasteiger charge is 2.24. The van der Waals surface area contributed by atoms with Crippen molar-refractivity contribution >= 4 is 85.4 Å². The molecule has 0 aliphatic rings. The molecule has 0 atom stereocenters. The minimum Gasteiger partial charge on any atom is -0.309 e. The van der Waals surface area contributed by atoms with E-state index in [0.717, 1.165) is 82.2 Å². The molecule has 0 amide bonds. The first-order valence-electron chi connectivity index (χ1n) is 19.6. The van der Waals surface area contributed by atoms with Crippen LogP contribution < -0.4 is 4.90 Å². The molecule has 9 aromatic carbocycles. The van der Waals surface area contributed by atoms with Crippen LogP contribution in [0.25, 0.3) is 60.9 Å². The van der Waals surface area contributed by atoms with Crippen LogP contribution in [0.3, 0.4) is 0 Å². The van der Waals surface area contributed by atoms with Gasteiger partial charge in [-0.15, -0.1) is 0 Å². The number of benzene rings is 9. The van der Waals surface area contributed by atoms with Gasteiger partial charge in [-0.1, -0.05) is 180 Å². The zero-order valence-corrected chi connectivity index (χ0v) is 35.2. The van der Waals surface area contributed by atoms with Crippen LogP contribution in [0.2, 0.25) is 15.1 Å². The second-order valence-electron chi connectivity index (χ2n) is 14.6. The fraction of sp³-hybridized carbons (Fsp3) is 0. The summed E-state index contributed by atoms with van der Waals surface area (Å²) in [6.45, 7) is 0. The smallest absolute Gasteiger partial charge is 0.0618 e. The van der Waals surface area contributed by atoms with Gasteiger partial charge in [0.05, 0.1) is 16.7 Å². The molecule has 6 heteroatoms. The Morgan fingerprint density at radius 2 is 1.00 bits per heavy atom. The molecule has 0 aliphatic heterocycles. The van der Waals surface area contributed by atoms with E-state index in [-0.39, 0.29) is 0 Å². The number of anilines is 3. The summed E-state index contributed by atoms with van der Waals surface area (Å²) in [6, 6.07) is 73.8. The summed E-state index contributed by atoms with van der Waals surface area (Å²) < 4.78 is 2.34. The number of hydrogen-bond donors (Lipinski definition) is 0. The van der Waals surface area contributed by atoms with Crippen LogP contribution in [0.1, 0.15) is 0 Å². The van der Waals surface area contributed by atoms with Crippen LogP contribution in [-0.4, -0.2) is 4.57 Å². The molecule has 0 unspecified atom stereocenters. The summed E-state index contributed by atoms with van der Waals surface area (Å²) in [6.07, 6.45) is 0. The summed E-state index contributed by atoms with van der Waals surface area (Å²) in [5.41, 5.74) is 12.8. The van der Waals surface area contributed by atoms with Crippen LogP contribution in [0.5, 0.6) is 0 Å². The molecular weight excluding hydrogens is 815 g/mol. The molecule has 0 saturated heterocycles. The molecule has 0 aliphatic carbocycles. The summed E-state index contributed by atoms with van der Waals surface area (Å²) in [4.78, 5) is 4.37. The normalized spacial score (nSPS) is 11.3. The van der Waals surface area contributed by atoms with E-state index in [4.69, 9.17) is 34.8 Å². The fourth-order valence-corrected chi connectivity index (χ4v) is 9.93. The van der Waals surface area contributed by atoms with E-state index < -0.39 is 0 Å². The molecule has 10 aromatic rings. The SMILES string of the molecule is Clc1cccc(N(c2cc(Cl)cc(Sc3cccc4c3c3cc(Cl)ccc3n4-c3cccc(-c4ccccc4)c3)c2)c2c(-c3ccccc3)cccc2-c2ccccc2)c1. The highest BCUT2D eigenvalue weighted by molar-refractivity contribution is 7.99. The first-order valence-corrected chi connectivity index (χ1v) is 21.6. The number of halogens is 3. The molecule has 288 valence electrons. The second kappa shape index (κ2) is 16.5. The maximum atomic E-state index is 7.18. The van der Waals surface area contributed by atoms with Crippen molar-refractivity contribution in [1.29, 1.82) is 0 Å². The molecule has 0 saturated carbocycles. The Hall–Kier alpha value is -6.20. The van der Waals surface area contributed by atoms with E-state index in [1.54, 1.807) is 11.8 Å². The molecule has 0 N–H and O–H groups in total. The van der Waals surface area contributed by atoms with Gasteiger partial charge in [-0.3, -0.25) is 0 Å². The lowest BCUT2D eigenvalue weighted by Crippen LogP contribution is -2.13. The Bertz CT molecular complexity index is 3110. The predicted octanol–water partition coefficient (Wildman–Crippen LogP) is 17.4. The molecule has 0 radical (unpaired) electrons. The molecule has 1 heterocycles. The van der Waals surface area contributed by atoms with E-state index >= 15 is 0 Å². The molecule has 0 fully saturated rings. The number of fused-ring (bicyclic) bond motifs is 3. The maximum absolute atomic E-state index is 7.18. The third-order valence-electron chi connectivity index (χ3n) is 10.8. The number of hydrogen-bond acceptors (Lipinski definition) is 2. The number of para-hydroxylation sites is 1.